The SMILES string of the molecule is CCC(CNC(=O)Nc1ccc(F)c(F)c1F)CC(=O)O. The summed E-state index contributed by atoms with van der Waals surface area (Å²) in [4.78, 5) is 22.1. The van der Waals surface area contributed by atoms with Crippen molar-refractivity contribution in [2.45, 2.75) is 19.8 Å². The molecule has 1 atom stereocenters. The van der Waals surface area contributed by atoms with Crippen LogP contribution in [0, 0.1) is 23.4 Å². The number of halogens is 3. The molecule has 3 N–H and O–H groups in total. The van der Waals surface area contributed by atoms with Crippen molar-refractivity contribution in [3.8, 4) is 0 Å². The number of urea groups is 1. The highest BCUT2D eigenvalue weighted by molar-refractivity contribution is 5.89. The molecule has 0 spiro atoms. The van der Waals surface area contributed by atoms with Crippen molar-refractivity contribution in [1.82, 2.24) is 5.32 Å². The van der Waals surface area contributed by atoms with Gasteiger partial charge < -0.3 is 15.7 Å². The van der Waals surface area contributed by atoms with Crippen molar-refractivity contribution >= 4 is 17.7 Å². The summed E-state index contributed by atoms with van der Waals surface area (Å²) < 4.78 is 39.0. The van der Waals surface area contributed by atoms with E-state index in [-0.39, 0.29) is 18.9 Å². The van der Waals surface area contributed by atoms with Gasteiger partial charge in [-0.2, -0.15) is 0 Å². The van der Waals surface area contributed by atoms with Gasteiger partial charge >= 0.3 is 12.0 Å². The van der Waals surface area contributed by atoms with Crippen molar-refractivity contribution in [2.24, 2.45) is 5.92 Å². The summed E-state index contributed by atoms with van der Waals surface area (Å²) in [7, 11) is 0. The van der Waals surface area contributed by atoms with Gasteiger partial charge in [0.1, 0.15) is 0 Å². The van der Waals surface area contributed by atoms with Gasteiger partial charge in [-0.15, -0.1) is 0 Å². The maximum Gasteiger partial charge on any atom is 0.319 e. The van der Waals surface area contributed by atoms with Crippen LogP contribution in [0.25, 0.3) is 0 Å². The Balaban J connectivity index is 2.58. The van der Waals surface area contributed by atoms with E-state index in [1.807, 2.05) is 5.32 Å². The zero-order valence-electron chi connectivity index (χ0n) is 11.3. The molecule has 0 aliphatic carbocycles. The Morgan fingerprint density at radius 1 is 1.24 bits per heavy atom. The number of carbonyl (C=O) groups is 2. The highest BCUT2D eigenvalue weighted by atomic mass is 19.2. The molecule has 0 saturated carbocycles. The molecule has 0 heterocycles. The number of carboxylic acid groups (broad SMARTS) is 1. The third-order valence-electron chi connectivity index (χ3n) is 2.88. The molecule has 5 nitrogen and oxygen atoms in total. The average molecular weight is 304 g/mol. The van der Waals surface area contributed by atoms with E-state index >= 15 is 0 Å². The van der Waals surface area contributed by atoms with Gasteiger partial charge in [0, 0.05) is 13.0 Å². The number of benzene rings is 1. The fourth-order valence-corrected chi connectivity index (χ4v) is 1.63. The van der Waals surface area contributed by atoms with Crippen LogP contribution in [0.5, 0.6) is 0 Å². The van der Waals surface area contributed by atoms with E-state index in [1.54, 1.807) is 6.92 Å². The minimum atomic E-state index is -1.68. The summed E-state index contributed by atoms with van der Waals surface area (Å²) in [6, 6.07) is 0.749. The van der Waals surface area contributed by atoms with E-state index < -0.39 is 35.1 Å². The molecule has 0 radical (unpaired) electrons. The van der Waals surface area contributed by atoms with Gasteiger partial charge in [-0.05, 0) is 18.1 Å². The Hall–Kier alpha value is -2.25. The highest BCUT2D eigenvalue weighted by Crippen LogP contribution is 2.19. The molecule has 1 aromatic rings. The zero-order chi connectivity index (χ0) is 16.0. The van der Waals surface area contributed by atoms with Gasteiger partial charge in [-0.1, -0.05) is 13.3 Å². The Bertz CT molecular complexity index is 538. The molecule has 8 heteroatoms. The van der Waals surface area contributed by atoms with Crippen LogP contribution in [0.4, 0.5) is 23.7 Å². The minimum Gasteiger partial charge on any atom is -0.481 e. The number of hydrogen-bond donors (Lipinski definition) is 3. The summed E-state index contributed by atoms with van der Waals surface area (Å²) in [6.45, 7) is 1.84. The van der Waals surface area contributed by atoms with Crippen LogP contribution in [0.2, 0.25) is 0 Å². The van der Waals surface area contributed by atoms with Gasteiger partial charge in [0.2, 0.25) is 0 Å². The second kappa shape index (κ2) is 7.51. The number of rotatable bonds is 6. The van der Waals surface area contributed by atoms with Crippen molar-refractivity contribution in [1.29, 1.82) is 0 Å². The molecule has 0 aliphatic heterocycles. The van der Waals surface area contributed by atoms with Crippen molar-refractivity contribution < 1.29 is 27.9 Å². The molecule has 116 valence electrons. The fourth-order valence-electron chi connectivity index (χ4n) is 1.63. The largest absolute Gasteiger partial charge is 0.481 e. The highest BCUT2D eigenvalue weighted by Gasteiger charge is 2.16. The summed E-state index contributed by atoms with van der Waals surface area (Å²) in [5.41, 5.74) is -0.502. The van der Waals surface area contributed by atoms with Gasteiger partial charge in [0.05, 0.1) is 5.69 Å². The summed E-state index contributed by atoms with van der Waals surface area (Å²) in [6.07, 6.45) is 0.419. The van der Waals surface area contributed by atoms with Gasteiger partial charge in [0.15, 0.2) is 17.5 Å². The van der Waals surface area contributed by atoms with Crippen LogP contribution in [-0.2, 0) is 4.79 Å². The Kier molecular flexibility index (Phi) is 6.01. The van der Waals surface area contributed by atoms with E-state index in [0.29, 0.717) is 12.5 Å². The van der Waals surface area contributed by atoms with Crippen LogP contribution in [0.15, 0.2) is 12.1 Å². The van der Waals surface area contributed by atoms with Crippen LogP contribution >= 0.6 is 0 Å². The van der Waals surface area contributed by atoms with Crippen LogP contribution in [-0.4, -0.2) is 23.7 Å². The molecule has 1 aromatic carbocycles. The molecule has 1 unspecified atom stereocenters. The van der Waals surface area contributed by atoms with E-state index in [9.17, 15) is 22.8 Å². The molecule has 2 amide bonds. The predicted molar refractivity (Wildman–Crippen MR) is 69.4 cm³/mol. The van der Waals surface area contributed by atoms with E-state index in [2.05, 4.69) is 5.32 Å². The van der Waals surface area contributed by atoms with E-state index in [0.717, 1.165) is 6.07 Å². The maximum atomic E-state index is 13.3. The number of hydrogen-bond acceptors (Lipinski definition) is 2. The third kappa shape index (κ3) is 4.97. The lowest BCUT2D eigenvalue weighted by molar-refractivity contribution is -0.138. The molecule has 0 aromatic heterocycles. The first-order chi connectivity index (χ1) is 9.85. The summed E-state index contributed by atoms with van der Waals surface area (Å²) in [5.74, 6) is -5.79. The smallest absolute Gasteiger partial charge is 0.319 e. The zero-order valence-corrected chi connectivity index (χ0v) is 11.3. The molecular weight excluding hydrogens is 289 g/mol. The Labute approximate surface area is 119 Å². The lowest BCUT2D eigenvalue weighted by Gasteiger charge is -2.14. The average Bonchev–Trinajstić information content (AvgIpc) is 2.43. The molecule has 0 aliphatic rings. The number of carbonyl (C=O) groups excluding carboxylic acids is 1. The second-order valence-electron chi connectivity index (χ2n) is 4.43. The first-order valence-corrected chi connectivity index (χ1v) is 6.25. The number of amides is 2. The van der Waals surface area contributed by atoms with Crippen molar-refractivity contribution in [3.05, 3.63) is 29.6 Å². The topological polar surface area (TPSA) is 78.4 Å². The Morgan fingerprint density at radius 2 is 1.90 bits per heavy atom. The lowest BCUT2D eigenvalue weighted by atomic mass is 10.0. The number of anilines is 1. The normalized spacial score (nSPS) is 11.8. The second-order valence-corrected chi connectivity index (χ2v) is 4.43. The van der Waals surface area contributed by atoms with Gasteiger partial charge in [-0.25, -0.2) is 18.0 Å². The summed E-state index contributed by atoms with van der Waals surface area (Å²) >= 11 is 0. The Morgan fingerprint density at radius 3 is 2.48 bits per heavy atom. The molecule has 0 bridgehead atoms. The van der Waals surface area contributed by atoms with Crippen LogP contribution < -0.4 is 10.6 Å². The van der Waals surface area contributed by atoms with Crippen molar-refractivity contribution in [3.63, 3.8) is 0 Å². The van der Waals surface area contributed by atoms with Crippen molar-refractivity contribution in [2.75, 3.05) is 11.9 Å². The molecule has 21 heavy (non-hydrogen) atoms. The first kappa shape index (κ1) is 16.8. The molecule has 1 rings (SSSR count). The van der Waals surface area contributed by atoms with E-state index in [4.69, 9.17) is 5.11 Å². The fraction of sp³-hybridized carbons (Fsp3) is 0.385. The predicted octanol–water partition coefficient (Wildman–Crippen LogP) is 2.73. The standard InChI is InChI=1S/C13H15F3N2O3/c1-2-7(5-10(19)20)6-17-13(21)18-9-4-3-8(14)11(15)12(9)16/h3-4,7H,2,5-6H2,1H3,(H,19,20)(H2,17,18,21). The quantitative estimate of drug-likeness (QED) is 0.707. The van der Waals surface area contributed by atoms with Crippen LogP contribution in [0.3, 0.4) is 0 Å². The number of nitrogens with one attached hydrogen (secondary N) is 2. The maximum absolute atomic E-state index is 13.3. The van der Waals surface area contributed by atoms with Crippen LogP contribution in [0.1, 0.15) is 19.8 Å². The molecule has 0 saturated heterocycles. The number of aliphatic carboxylic acids is 1. The lowest BCUT2D eigenvalue weighted by Crippen LogP contribution is -2.34. The van der Waals surface area contributed by atoms with E-state index in [1.165, 1.54) is 0 Å². The minimum absolute atomic E-state index is 0.0694. The molecular formula is C13H15F3N2O3. The monoisotopic (exact) mass is 304 g/mol. The third-order valence-corrected chi connectivity index (χ3v) is 2.88. The van der Waals surface area contributed by atoms with Gasteiger partial charge in [0.25, 0.3) is 0 Å². The summed E-state index contributed by atoms with van der Waals surface area (Å²) in [5, 5.41) is 13.0. The van der Waals surface area contributed by atoms with Gasteiger partial charge in [-0.3, -0.25) is 4.79 Å². The first-order valence-electron chi connectivity index (χ1n) is 6.25. The number of carboxylic acids is 1. The molecule has 0 fully saturated rings.